The number of rotatable bonds is 5. The van der Waals surface area contributed by atoms with Gasteiger partial charge in [-0.05, 0) is 59.7 Å². The second-order valence-electron chi connectivity index (χ2n) is 5.65. The molecule has 0 heterocycles. The highest BCUT2D eigenvalue weighted by atomic mass is 35.5. The molecule has 0 saturated heterocycles. The fourth-order valence-corrected chi connectivity index (χ4v) is 3.49. The maximum Gasteiger partial charge on any atom is 0.335 e. The summed E-state index contributed by atoms with van der Waals surface area (Å²) in [6.07, 6.45) is 1.81. The van der Waals surface area contributed by atoms with Crippen LogP contribution >= 0.6 is 23.4 Å². The second-order valence-corrected chi connectivity index (χ2v) is 7.20. The molecule has 3 nitrogen and oxygen atoms in total. The molecule has 0 aliphatic rings. The van der Waals surface area contributed by atoms with E-state index in [1.807, 2.05) is 54.6 Å². The molecular formula is C22H14ClNO2S. The summed E-state index contributed by atoms with van der Waals surface area (Å²) in [5, 5.41) is 19.3. The lowest BCUT2D eigenvalue weighted by atomic mass is 10.0. The van der Waals surface area contributed by atoms with Gasteiger partial charge in [-0.3, -0.25) is 0 Å². The van der Waals surface area contributed by atoms with Gasteiger partial charge in [0.05, 0.1) is 17.2 Å². The zero-order chi connectivity index (χ0) is 19.2. The van der Waals surface area contributed by atoms with Gasteiger partial charge in [0, 0.05) is 14.8 Å². The van der Waals surface area contributed by atoms with Crippen molar-refractivity contribution in [2.75, 3.05) is 0 Å². The van der Waals surface area contributed by atoms with Crippen molar-refractivity contribution in [2.45, 2.75) is 9.79 Å². The molecule has 3 rings (SSSR count). The topological polar surface area (TPSA) is 61.1 Å². The number of carbonyl (C=O) groups is 1. The average Bonchev–Trinajstić information content (AvgIpc) is 2.69. The summed E-state index contributed by atoms with van der Waals surface area (Å²) >= 11 is 7.53. The van der Waals surface area contributed by atoms with Crippen molar-refractivity contribution in [1.82, 2.24) is 0 Å². The third-order valence-electron chi connectivity index (χ3n) is 3.82. The molecule has 3 aromatic rings. The Kier molecular flexibility index (Phi) is 5.97. The number of allylic oxidation sites excluding steroid dienone is 1. The Morgan fingerprint density at radius 2 is 1.59 bits per heavy atom. The molecule has 0 bridgehead atoms. The Morgan fingerprint density at radius 3 is 2.22 bits per heavy atom. The van der Waals surface area contributed by atoms with Crippen molar-refractivity contribution in [2.24, 2.45) is 0 Å². The van der Waals surface area contributed by atoms with Crippen molar-refractivity contribution in [3.8, 4) is 6.07 Å². The van der Waals surface area contributed by atoms with Gasteiger partial charge in [0.2, 0.25) is 0 Å². The summed E-state index contributed by atoms with van der Waals surface area (Å²) in [5.74, 6) is -0.992. The third-order valence-corrected chi connectivity index (χ3v) is 5.18. The minimum atomic E-state index is -0.992. The van der Waals surface area contributed by atoms with Gasteiger partial charge in [-0.1, -0.05) is 53.7 Å². The Balaban J connectivity index is 1.94. The summed E-state index contributed by atoms with van der Waals surface area (Å²) in [4.78, 5) is 13.0. The molecule has 5 heteroatoms. The molecular weight excluding hydrogens is 378 g/mol. The predicted octanol–water partition coefficient (Wildman–Crippen LogP) is 6.25. The molecule has 1 N–H and O–H groups in total. The maximum atomic E-state index is 11.0. The van der Waals surface area contributed by atoms with E-state index in [9.17, 15) is 10.1 Å². The number of carboxylic acid groups (broad SMARTS) is 1. The minimum Gasteiger partial charge on any atom is -0.478 e. The Hall–Kier alpha value is -3.00. The normalized spacial score (nSPS) is 11.0. The standard InChI is InChI=1S/C22H14ClNO2S/c23-19-9-11-20(12-10-19)27-21-4-2-1-3-17(21)13-18(14-24)15-5-7-16(8-6-15)22(25)26/h1-13H,(H,25,26)/b18-13+. The lowest BCUT2D eigenvalue weighted by Crippen LogP contribution is -1.95. The quantitative estimate of drug-likeness (QED) is 0.412. The molecule has 0 fully saturated rings. The second kappa shape index (κ2) is 8.59. The molecule has 0 aliphatic heterocycles. The van der Waals surface area contributed by atoms with E-state index >= 15 is 0 Å². The number of benzene rings is 3. The van der Waals surface area contributed by atoms with Crippen molar-refractivity contribution < 1.29 is 9.90 Å². The van der Waals surface area contributed by atoms with Crippen LogP contribution in [0.1, 0.15) is 21.5 Å². The van der Waals surface area contributed by atoms with Crippen molar-refractivity contribution >= 4 is 41.0 Å². The molecule has 0 radical (unpaired) electrons. The SMILES string of the molecule is N#C/C(=C\c1ccccc1Sc1ccc(Cl)cc1)c1ccc(C(=O)O)cc1. The van der Waals surface area contributed by atoms with Gasteiger partial charge >= 0.3 is 5.97 Å². The highest BCUT2D eigenvalue weighted by Gasteiger charge is 2.08. The average molecular weight is 392 g/mol. The molecule has 132 valence electrons. The highest BCUT2D eigenvalue weighted by Crippen LogP contribution is 2.33. The van der Waals surface area contributed by atoms with Gasteiger partial charge < -0.3 is 5.11 Å². The highest BCUT2D eigenvalue weighted by molar-refractivity contribution is 7.99. The van der Waals surface area contributed by atoms with E-state index in [4.69, 9.17) is 16.7 Å². The summed E-state index contributed by atoms with van der Waals surface area (Å²) in [7, 11) is 0. The number of aromatic carboxylic acids is 1. The molecule has 0 spiro atoms. The molecule has 0 unspecified atom stereocenters. The van der Waals surface area contributed by atoms with E-state index in [0.29, 0.717) is 16.2 Å². The van der Waals surface area contributed by atoms with Gasteiger partial charge in [0.15, 0.2) is 0 Å². The number of hydrogen-bond acceptors (Lipinski definition) is 3. The first-order valence-corrected chi connectivity index (χ1v) is 9.24. The summed E-state index contributed by atoms with van der Waals surface area (Å²) in [6.45, 7) is 0. The van der Waals surface area contributed by atoms with Crippen LogP contribution in [0.3, 0.4) is 0 Å². The van der Waals surface area contributed by atoms with E-state index in [1.54, 1.807) is 23.9 Å². The zero-order valence-electron chi connectivity index (χ0n) is 14.1. The van der Waals surface area contributed by atoms with Gasteiger partial charge in [-0.25, -0.2) is 4.79 Å². The van der Waals surface area contributed by atoms with E-state index in [2.05, 4.69) is 6.07 Å². The van der Waals surface area contributed by atoms with Crippen molar-refractivity contribution in [3.05, 3.63) is 94.5 Å². The zero-order valence-corrected chi connectivity index (χ0v) is 15.7. The van der Waals surface area contributed by atoms with Crippen LogP contribution in [0.15, 0.2) is 82.6 Å². The monoisotopic (exact) mass is 391 g/mol. The van der Waals surface area contributed by atoms with Crippen molar-refractivity contribution in [3.63, 3.8) is 0 Å². The Morgan fingerprint density at radius 1 is 0.963 bits per heavy atom. The summed E-state index contributed by atoms with van der Waals surface area (Å²) < 4.78 is 0. The number of halogens is 1. The van der Waals surface area contributed by atoms with E-state index in [-0.39, 0.29) is 5.56 Å². The fourth-order valence-electron chi connectivity index (χ4n) is 2.45. The molecule has 27 heavy (non-hydrogen) atoms. The van der Waals surface area contributed by atoms with E-state index < -0.39 is 5.97 Å². The first-order chi connectivity index (χ1) is 13.1. The van der Waals surface area contributed by atoms with Crippen LogP contribution in [-0.2, 0) is 0 Å². The minimum absolute atomic E-state index is 0.190. The van der Waals surface area contributed by atoms with Gasteiger partial charge in [0.1, 0.15) is 0 Å². The smallest absolute Gasteiger partial charge is 0.335 e. The molecule has 0 amide bonds. The largest absolute Gasteiger partial charge is 0.478 e. The summed E-state index contributed by atoms with van der Waals surface area (Å²) in [6, 6.07) is 23.9. The molecule has 0 saturated carbocycles. The first-order valence-electron chi connectivity index (χ1n) is 8.05. The van der Waals surface area contributed by atoms with E-state index in [1.165, 1.54) is 12.1 Å². The number of nitriles is 1. The maximum absolute atomic E-state index is 11.0. The lowest BCUT2D eigenvalue weighted by molar-refractivity contribution is 0.0697. The van der Waals surface area contributed by atoms with Crippen LogP contribution in [0.5, 0.6) is 0 Å². The number of hydrogen-bond donors (Lipinski definition) is 1. The van der Waals surface area contributed by atoms with Crippen LogP contribution < -0.4 is 0 Å². The molecule has 3 aromatic carbocycles. The fraction of sp³-hybridized carbons (Fsp3) is 0. The van der Waals surface area contributed by atoms with Crippen LogP contribution in [0, 0.1) is 11.3 Å². The molecule has 0 aliphatic carbocycles. The van der Waals surface area contributed by atoms with Gasteiger partial charge in [-0.2, -0.15) is 5.26 Å². The Labute approximate surface area is 166 Å². The summed E-state index contributed by atoms with van der Waals surface area (Å²) in [5.41, 5.74) is 2.25. The third kappa shape index (κ3) is 4.79. The van der Waals surface area contributed by atoms with Crippen LogP contribution in [0.2, 0.25) is 5.02 Å². The van der Waals surface area contributed by atoms with E-state index in [0.717, 1.165) is 15.4 Å². The van der Waals surface area contributed by atoms with Crippen molar-refractivity contribution in [1.29, 1.82) is 5.26 Å². The first kappa shape index (κ1) is 18.8. The van der Waals surface area contributed by atoms with Crippen LogP contribution in [0.4, 0.5) is 0 Å². The molecule has 0 aromatic heterocycles. The van der Waals surface area contributed by atoms with Gasteiger partial charge in [-0.15, -0.1) is 0 Å². The van der Waals surface area contributed by atoms with Crippen LogP contribution in [0.25, 0.3) is 11.6 Å². The molecule has 0 atom stereocenters. The Bertz CT molecular complexity index is 1040. The number of carboxylic acids is 1. The van der Waals surface area contributed by atoms with Gasteiger partial charge in [0.25, 0.3) is 0 Å². The lowest BCUT2D eigenvalue weighted by Gasteiger charge is -2.07. The predicted molar refractivity (Wildman–Crippen MR) is 109 cm³/mol. The van der Waals surface area contributed by atoms with Crippen LogP contribution in [-0.4, -0.2) is 11.1 Å². The number of nitrogens with zero attached hydrogens (tertiary/aromatic N) is 1.